The van der Waals surface area contributed by atoms with E-state index in [1.54, 1.807) is 7.11 Å². The minimum absolute atomic E-state index is 0.119. The van der Waals surface area contributed by atoms with Crippen LogP contribution in [0.3, 0.4) is 0 Å². The van der Waals surface area contributed by atoms with Crippen LogP contribution in [0.15, 0.2) is 48.5 Å². The number of nitrogen functional groups attached to an aromatic ring is 1. The summed E-state index contributed by atoms with van der Waals surface area (Å²) in [5.41, 5.74) is 9.09. The van der Waals surface area contributed by atoms with Gasteiger partial charge in [0.25, 0.3) is 0 Å². The van der Waals surface area contributed by atoms with Crippen LogP contribution in [-0.4, -0.2) is 16.7 Å². The number of imidazole rings is 1. The average molecular weight is 267 g/mol. The Morgan fingerprint density at radius 1 is 1.10 bits per heavy atom. The van der Waals surface area contributed by atoms with Crippen molar-refractivity contribution in [3.8, 4) is 5.75 Å². The van der Waals surface area contributed by atoms with Crippen LogP contribution in [0, 0.1) is 0 Å². The van der Waals surface area contributed by atoms with E-state index < -0.39 is 0 Å². The molecular weight excluding hydrogens is 250 g/mol. The van der Waals surface area contributed by atoms with Gasteiger partial charge in [0, 0.05) is 0 Å². The molecule has 0 aliphatic rings. The normalized spacial score (nSPS) is 12.5. The Labute approximate surface area is 117 Å². The van der Waals surface area contributed by atoms with Gasteiger partial charge in [-0.25, -0.2) is 4.98 Å². The van der Waals surface area contributed by atoms with E-state index in [1.165, 1.54) is 5.56 Å². The zero-order valence-corrected chi connectivity index (χ0v) is 11.6. The highest BCUT2D eigenvalue weighted by molar-refractivity contribution is 5.84. The Morgan fingerprint density at radius 2 is 1.85 bits per heavy atom. The highest BCUT2D eigenvalue weighted by atomic mass is 16.5. The molecular formula is C16H17N3O. The summed E-state index contributed by atoms with van der Waals surface area (Å²) in [4.78, 5) is 4.45. The van der Waals surface area contributed by atoms with Crippen molar-refractivity contribution in [2.45, 2.75) is 13.0 Å². The maximum absolute atomic E-state index is 6.11. The molecule has 2 aromatic carbocycles. The van der Waals surface area contributed by atoms with E-state index in [2.05, 4.69) is 24.0 Å². The van der Waals surface area contributed by atoms with Gasteiger partial charge in [-0.3, -0.25) is 0 Å². The number of ether oxygens (including phenoxy) is 1. The molecule has 0 aliphatic carbocycles. The van der Waals surface area contributed by atoms with E-state index >= 15 is 0 Å². The van der Waals surface area contributed by atoms with E-state index in [0.29, 0.717) is 5.95 Å². The molecule has 0 amide bonds. The van der Waals surface area contributed by atoms with Gasteiger partial charge in [0.15, 0.2) is 0 Å². The summed E-state index contributed by atoms with van der Waals surface area (Å²) in [6, 6.07) is 16.2. The third kappa shape index (κ3) is 1.90. The number of rotatable bonds is 3. The quantitative estimate of drug-likeness (QED) is 0.792. The first-order valence-electron chi connectivity index (χ1n) is 6.57. The zero-order chi connectivity index (χ0) is 14.1. The summed E-state index contributed by atoms with van der Waals surface area (Å²) in [5, 5.41) is 0. The van der Waals surface area contributed by atoms with Crippen LogP contribution in [0.25, 0.3) is 11.0 Å². The first-order chi connectivity index (χ1) is 9.72. The lowest BCUT2D eigenvalue weighted by atomic mass is 10.1. The molecule has 1 heterocycles. The molecule has 0 aliphatic heterocycles. The van der Waals surface area contributed by atoms with Crippen LogP contribution in [0.2, 0.25) is 0 Å². The van der Waals surface area contributed by atoms with Crippen LogP contribution < -0.4 is 10.5 Å². The average Bonchev–Trinajstić information content (AvgIpc) is 2.83. The molecule has 0 radical (unpaired) electrons. The Hall–Kier alpha value is -2.49. The molecule has 1 aromatic heterocycles. The topological polar surface area (TPSA) is 53.1 Å². The molecule has 4 heteroatoms. The zero-order valence-electron chi connectivity index (χ0n) is 11.6. The van der Waals surface area contributed by atoms with Crippen LogP contribution in [0.5, 0.6) is 5.75 Å². The van der Waals surface area contributed by atoms with Crippen LogP contribution in [0.4, 0.5) is 5.95 Å². The van der Waals surface area contributed by atoms with Gasteiger partial charge in [-0.15, -0.1) is 0 Å². The second kappa shape index (κ2) is 4.89. The first kappa shape index (κ1) is 12.5. The standard InChI is InChI=1S/C16H17N3O/c1-11(12-7-4-3-5-8-12)19-13-9-6-10-14(20-2)15(13)18-16(19)17/h3-11H,1-2H3,(H2,17,18). The smallest absolute Gasteiger partial charge is 0.201 e. The van der Waals surface area contributed by atoms with Crippen LogP contribution in [-0.2, 0) is 0 Å². The molecule has 20 heavy (non-hydrogen) atoms. The second-order valence-electron chi connectivity index (χ2n) is 4.75. The molecule has 3 aromatic rings. The summed E-state index contributed by atoms with van der Waals surface area (Å²) in [6.07, 6.45) is 0. The Bertz CT molecular complexity index is 734. The fourth-order valence-electron chi connectivity index (χ4n) is 2.56. The van der Waals surface area contributed by atoms with Crippen molar-refractivity contribution in [2.24, 2.45) is 0 Å². The van der Waals surface area contributed by atoms with Gasteiger partial charge < -0.3 is 15.0 Å². The maximum Gasteiger partial charge on any atom is 0.201 e. The van der Waals surface area contributed by atoms with E-state index in [1.807, 2.05) is 41.0 Å². The minimum Gasteiger partial charge on any atom is -0.494 e. The van der Waals surface area contributed by atoms with Gasteiger partial charge in [0.1, 0.15) is 11.3 Å². The lowest BCUT2D eigenvalue weighted by molar-refractivity contribution is 0.419. The van der Waals surface area contributed by atoms with Crippen molar-refractivity contribution in [1.29, 1.82) is 0 Å². The molecule has 1 atom stereocenters. The van der Waals surface area contributed by atoms with Gasteiger partial charge in [0.05, 0.1) is 18.7 Å². The van der Waals surface area contributed by atoms with Crippen LogP contribution >= 0.6 is 0 Å². The third-order valence-electron chi connectivity index (χ3n) is 3.60. The number of nitrogens with zero attached hydrogens (tertiary/aromatic N) is 2. The predicted molar refractivity (Wildman–Crippen MR) is 81.0 cm³/mol. The molecule has 4 nitrogen and oxygen atoms in total. The third-order valence-corrected chi connectivity index (χ3v) is 3.60. The van der Waals surface area contributed by atoms with E-state index in [-0.39, 0.29) is 6.04 Å². The molecule has 1 unspecified atom stereocenters. The summed E-state index contributed by atoms with van der Waals surface area (Å²) in [7, 11) is 1.64. The highest BCUT2D eigenvalue weighted by Gasteiger charge is 2.17. The fraction of sp³-hybridized carbons (Fsp3) is 0.188. The Morgan fingerprint density at radius 3 is 2.55 bits per heavy atom. The maximum atomic E-state index is 6.11. The number of para-hydroxylation sites is 1. The van der Waals surface area contributed by atoms with Crippen molar-refractivity contribution in [3.05, 3.63) is 54.1 Å². The fourth-order valence-corrected chi connectivity index (χ4v) is 2.56. The molecule has 0 saturated heterocycles. The molecule has 0 saturated carbocycles. The SMILES string of the molecule is COc1cccc2c1nc(N)n2C(C)c1ccccc1. The lowest BCUT2D eigenvalue weighted by Crippen LogP contribution is -2.09. The molecule has 3 rings (SSSR count). The number of nitrogens with two attached hydrogens (primary N) is 1. The highest BCUT2D eigenvalue weighted by Crippen LogP contribution is 2.31. The van der Waals surface area contributed by atoms with Crippen molar-refractivity contribution in [3.63, 3.8) is 0 Å². The molecule has 0 spiro atoms. The van der Waals surface area contributed by atoms with Crippen molar-refractivity contribution in [1.82, 2.24) is 9.55 Å². The predicted octanol–water partition coefficient (Wildman–Crippen LogP) is 3.24. The largest absolute Gasteiger partial charge is 0.494 e. The van der Waals surface area contributed by atoms with Crippen molar-refractivity contribution >= 4 is 17.0 Å². The van der Waals surface area contributed by atoms with Gasteiger partial charge in [-0.1, -0.05) is 36.4 Å². The molecule has 102 valence electrons. The summed E-state index contributed by atoms with van der Waals surface area (Å²) >= 11 is 0. The van der Waals surface area contributed by atoms with E-state index in [9.17, 15) is 0 Å². The number of aromatic nitrogens is 2. The number of hydrogen-bond acceptors (Lipinski definition) is 3. The number of fused-ring (bicyclic) bond motifs is 1. The van der Waals surface area contributed by atoms with Crippen molar-refractivity contribution in [2.75, 3.05) is 12.8 Å². The minimum atomic E-state index is 0.119. The van der Waals surface area contributed by atoms with Crippen LogP contribution in [0.1, 0.15) is 18.5 Å². The number of methoxy groups -OCH3 is 1. The van der Waals surface area contributed by atoms with Gasteiger partial charge >= 0.3 is 0 Å². The first-order valence-corrected chi connectivity index (χ1v) is 6.57. The lowest BCUT2D eigenvalue weighted by Gasteiger charge is -2.16. The second-order valence-corrected chi connectivity index (χ2v) is 4.75. The van der Waals surface area contributed by atoms with Gasteiger partial charge in [-0.05, 0) is 24.6 Å². The summed E-state index contributed by atoms with van der Waals surface area (Å²) in [6.45, 7) is 2.12. The Balaban J connectivity index is 2.19. The van der Waals surface area contributed by atoms with Gasteiger partial charge in [0.2, 0.25) is 5.95 Å². The number of anilines is 1. The molecule has 2 N–H and O–H groups in total. The van der Waals surface area contributed by atoms with E-state index in [0.717, 1.165) is 16.8 Å². The molecule has 0 fully saturated rings. The summed E-state index contributed by atoms with van der Waals surface area (Å²) in [5.74, 6) is 1.24. The molecule has 0 bridgehead atoms. The monoisotopic (exact) mass is 267 g/mol. The number of hydrogen-bond donors (Lipinski definition) is 1. The number of benzene rings is 2. The Kier molecular flexibility index (Phi) is 3.06. The van der Waals surface area contributed by atoms with E-state index in [4.69, 9.17) is 10.5 Å². The summed E-state index contributed by atoms with van der Waals surface area (Å²) < 4.78 is 7.38. The van der Waals surface area contributed by atoms with Gasteiger partial charge in [-0.2, -0.15) is 0 Å². The van der Waals surface area contributed by atoms with Crippen molar-refractivity contribution < 1.29 is 4.74 Å².